The molecule has 1 heterocycles. The summed E-state index contributed by atoms with van der Waals surface area (Å²) in [6, 6.07) is 8.34. The number of nitrogens with zero attached hydrogens (tertiary/aromatic N) is 3. The molecule has 1 aromatic carbocycles. The van der Waals surface area contributed by atoms with Crippen molar-refractivity contribution in [2.24, 2.45) is 0 Å². The molecule has 0 aliphatic heterocycles. The van der Waals surface area contributed by atoms with E-state index in [1.165, 1.54) is 11.1 Å². The van der Waals surface area contributed by atoms with Crippen LogP contribution >= 0.6 is 31.9 Å². The fourth-order valence-corrected chi connectivity index (χ4v) is 2.35. The Kier molecular flexibility index (Phi) is 3.21. The van der Waals surface area contributed by atoms with Crippen molar-refractivity contribution in [3.05, 3.63) is 44.9 Å². The average Bonchev–Trinajstić information content (AvgIpc) is 2.45. The van der Waals surface area contributed by atoms with Gasteiger partial charge in [-0.25, -0.2) is 4.68 Å². The third kappa shape index (κ3) is 2.66. The Labute approximate surface area is 105 Å². The van der Waals surface area contributed by atoms with Gasteiger partial charge >= 0.3 is 0 Å². The van der Waals surface area contributed by atoms with Crippen molar-refractivity contribution >= 4 is 31.9 Å². The van der Waals surface area contributed by atoms with Crippen molar-refractivity contribution in [3.8, 4) is 0 Å². The minimum absolute atomic E-state index is 0.599. The Morgan fingerprint density at radius 3 is 2.73 bits per heavy atom. The highest BCUT2D eigenvalue weighted by Crippen LogP contribution is 2.13. The van der Waals surface area contributed by atoms with Crippen LogP contribution in [0.5, 0.6) is 0 Å². The van der Waals surface area contributed by atoms with Crippen LogP contribution in [-0.2, 0) is 6.54 Å². The van der Waals surface area contributed by atoms with E-state index in [0.29, 0.717) is 4.73 Å². The summed E-state index contributed by atoms with van der Waals surface area (Å²) in [5.74, 6) is 0. The third-order valence-electron chi connectivity index (χ3n) is 2.02. The predicted molar refractivity (Wildman–Crippen MR) is 65.7 cm³/mol. The fraction of sp³-hybridized carbons (Fsp3) is 0.200. The molecule has 78 valence electrons. The van der Waals surface area contributed by atoms with E-state index in [0.717, 1.165) is 11.3 Å². The number of rotatable bonds is 2. The van der Waals surface area contributed by atoms with E-state index in [-0.39, 0.29) is 0 Å². The Hall–Kier alpha value is -0.680. The van der Waals surface area contributed by atoms with Gasteiger partial charge in [-0.05, 0) is 44.3 Å². The van der Waals surface area contributed by atoms with Crippen LogP contribution in [0.1, 0.15) is 11.1 Å². The SMILES string of the molecule is Cc1cccc(Cn2nc(Br)nc2Br)c1. The lowest BCUT2D eigenvalue weighted by Gasteiger charge is -2.03. The maximum absolute atomic E-state index is 4.21. The lowest BCUT2D eigenvalue weighted by atomic mass is 10.1. The number of hydrogen-bond acceptors (Lipinski definition) is 2. The molecule has 0 fully saturated rings. The van der Waals surface area contributed by atoms with Gasteiger partial charge in [-0.15, -0.1) is 5.10 Å². The maximum atomic E-state index is 4.21. The van der Waals surface area contributed by atoms with Crippen molar-refractivity contribution in [2.45, 2.75) is 13.5 Å². The second-order valence-corrected chi connectivity index (χ2v) is 4.72. The minimum Gasteiger partial charge on any atom is -0.235 e. The molecule has 0 unspecified atom stereocenters. The van der Waals surface area contributed by atoms with E-state index in [2.05, 4.69) is 67.1 Å². The van der Waals surface area contributed by atoms with Crippen molar-refractivity contribution in [3.63, 3.8) is 0 Å². The molecule has 2 rings (SSSR count). The molecule has 0 aliphatic carbocycles. The summed E-state index contributed by atoms with van der Waals surface area (Å²) < 4.78 is 3.14. The van der Waals surface area contributed by atoms with E-state index in [4.69, 9.17) is 0 Å². The van der Waals surface area contributed by atoms with Crippen molar-refractivity contribution in [1.82, 2.24) is 14.8 Å². The fourth-order valence-electron chi connectivity index (χ4n) is 1.38. The van der Waals surface area contributed by atoms with Gasteiger partial charge in [0.25, 0.3) is 0 Å². The number of hydrogen-bond donors (Lipinski definition) is 0. The molecule has 0 bridgehead atoms. The highest BCUT2D eigenvalue weighted by atomic mass is 79.9. The summed E-state index contributed by atoms with van der Waals surface area (Å²) in [6.45, 7) is 2.80. The molecule has 5 heteroatoms. The highest BCUT2D eigenvalue weighted by molar-refractivity contribution is 9.11. The standard InChI is InChI=1S/C10H9Br2N3/c1-7-3-2-4-8(5-7)6-15-10(12)13-9(11)14-15/h2-5H,6H2,1H3. The monoisotopic (exact) mass is 329 g/mol. The zero-order valence-electron chi connectivity index (χ0n) is 8.11. The molecule has 0 radical (unpaired) electrons. The van der Waals surface area contributed by atoms with Gasteiger partial charge in [0, 0.05) is 0 Å². The van der Waals surface area contributed by atoms with Gasteiger partial charge in [-0.3, -0.25) is 0 Å². The van der Waals surface area contributed by atoms with Crippen molar-refractivity contribution in [1.29, 1.82) is 0 Å². The van der Waals surface area contributed by atoms with Gasteiger partial charge < -0.3 is 0 Å². The maximum Gasteiger partial charge on any atom is 0.218 e. The second-order valence-electron chi connectivity index (χ2n) is 3.30. The van der Waals surface area contributed by atoms with E-state index >= 15 is 0 Å². The molecule has 0 saturated carbocycles. The zero-order chi connectivity index (χ0) is 10.8. The number of aromatic nitrogens is 3. The molecule has 0 saturated heterocycles. The second kappa shape index (κ2) is 4.45. The zero-order valence-corrected chi connectivity index (χ0v) is 11.3. The van der Waals surface area contributed by atoms with Crippen LogP contribution in [0.4, 0.5) is 0 Å². The van der Waals surface area contributed by atoms with Crippen LogP contribution in [0.2, 0.25) is 0 Å². The smallest absolute Gasteiger partial charge is 0.218 e. The van der Waals surface area contributed by atoms with Crippen LogP contribution in [-0.4, -0.2) is 14.8 Å². The van der Waals surface area contributed by atoms with Gasteiger partial charge in [0.05, 0.1) is 6.54 Å². The average molecular weight is 331 g/mol. The first kappa shape index (κ1) is 10.8. The molecule has 15 heavy (non-hydrogen) atoms. The molecule has 2 aromatic rings. The lowest BCUT2D eigenvalue weighted by molar-refractivity contribution is 0.664. The Morgan fingerprint density at radius 2 is 2.13 bits per heavy atom. The lowest BCUT2D eigenvalue weighted by Crippen LogP contribution is -2.02. The van der Waals surface area contributed by atoms with Crippen molar-refractivity contribution in [2.75, 3.05) is 0 Å². The van der Waals surface area contributed by atoms with E-state index in [1.54, 1.807) is 4.68 Å². The first-order valence-electron chi connectivity index (χ1n) is 4.46. The largest absolute Gasteiger partial charge is 0.235 e. The predicted octanol–water partition coefficient (Wildman–Crippen LogP) is 3.16. The molecular weight excluding hydrogens is 322 g/mol. The molecule has 0 amide bonds. The summed E-state index contributed by atoms with van der Waals surface area (Å²) in [6.07, 6.45) is 0. The molecule has 0 aliphatic rings. The first-order valence-corrected chi connectivity index (χ1v) is 6.05. The molecule has 1 aromatic heterocycles. The first-order chi connectivity index (χ1) is 7.15. The van der Waals surface area contributed by atoms with Gasteiger partial charge in [-0.2, -0.15) is 4.98 Å². The quantitative estimate of drug-likeness (QED) is 0.846. The van der Waals surface area contributed by atoms with Crippen LogP contribution in [0, 0.1) is 6.92 Å². The Morgan fingerprint density at radius 1 is 1.33 bits per heavy atom. The minimum atomic E-state index is 0.599. The van der Waals surface area contributed by atoms with Crippen LogP contribution in [0.3, 0.4) is 0 Å². The number of benzene rings is 1. The molecule has 0 N–H and O–H groups in total. The van der Waals surface area contributed by atoms with Crippen LogP contribution < -0.4 is 0 Å². The summed E-state index contributed by atoms with van der Waals surface area (Å²) in [7, 11) is 0. The molecule has 0 spiro atoms. The summed E-state index contributed by atoms with van der Waals surface area (Å²) in [5.41, 5.74) is 2.47. The van der Waals surface area contributed by atoms with Crippen molar-refractivity contribution < 1.29 is 0 Å². The molecular formula is C10H9Br2N3. The summed E-state index contributed by atoms with van der Waals surface area (Å²) in [4.78, 5) is 4.11. The molecule has 3 nitrogen and oxygen atoms in total. The third-order valence-corrected chi connectivity index (χ3v) is 2.94. The normalized spacial score (nSPS) is 10.6. The number of halogens is 2. The number of aryl methyl sites for hydroxylation is 1. The van der Waals surface area contributed by atoms with E-state index in [1.807, 2.05) is 6.07 Å². The van der Waals surface area contributed by atoms with Gasteiger partial charge in [0.15, 0.2) is 4.73 Å². The Balaban J connectivity index is 2.25. The van der Waals surface area contributed by atoms with E-state index in [9.17, 15) is 0 Å². The van der Waals surface area contributed by atoms with Crippen LogP contribution in [0.15, 0.2) is 33.7 Å². The van der Waals surface area contributed by atoms with E-state index < -0.39 is 0 Å². The summed E-state index contributed by atoms with van der Waals surface area (Å²) >= 11 is 6.59. The molecule has 0 atom stereocenters. The van der Waals surface area contributed by atoms with Gasteiger partial charge in [-0.1, -0.05) is 29.8 Å². The topological polar surface area (TPSA) is 30.7 Å². The Bertz CT molecular complexity index is 479. The van der Waals surface area contributed by atoms with Crippen LogP contribution in [0.25, 0.3) is 0 Å². The summed E-state index contributed by atoms with van der Waals surface area (Å²) in [5, 5.41) is 4.21. The van der Waals surface area contributed by atoms with Gasteiger partial charge in [0.2, 0.25) is 4.73 Å². The van der Waals surface area contributed by atoms with Gasteiger partial charge in [0.1, 0.15) is 0 Å². The highest BCUT2D eigenvalue weighted by Gasteiger charge is 2.05.